The fourth-order valence-electron chi connectivity index (χ4n) is 1.64. The molecule has 2 aromatic rings. The van der Waals surface area contributed by atoms with Crippen LogP contribution in [-0.2, 0) is 14.8 Å². The Morgan fingerprint density at radius 3 is 2.36 bits per heavy atom. The number of methoxy groups -OCH3 is 1. The molecule has 0 radical (unpaired) electrons. The van der Waals surface area contributed by atoms with Gasteiger partial charge in [0.1, 0.15) is 9.77 Å². The normalized spacial score (nSPS) is 11.0. The van der Waals surface area contributed by atoms with Crippen molar-refractivity contribution in [2.75, 3.05) is 11.8 Å². The first kappa shape index (κ1) is 16.0. The molecule has 1 aromatic carbocycles. The monoisotopic (exact) mass is 341 g/mol. The SMILES string of the molecule is COC(=O)c1sccc1S(=O)(=O)Nc1ccc(C(=O)O)cc1. The van der Waals surface area contributed by atoms with E-state index in [1.165, 1.54) is 35.7 Å². The molecule has 0 atom stereocenters. The fourth-order valence-corrected chi connectivity index (χ4v) is 4.04. The number of carbonyl (C=O) groups is 2. The first-order valence-electron chi connectivity index (χ1n) is 5.87. The molecule has 0 spiro atoms. The molecule has 116 valence electrons. The molecule has 7 nitrogen and oxygen atoms in total. The van der Waals surface area contributed by atoms with Crippen molar-refractivity contribution in [2.24, 2.45) is 0 Å². The maximum Gasteiger partial charge on any atom is 0.349 e. The van der Waals surface area contributed by atoms with Crippen LogP contribution in [-0.4, -0.2) is 32.6 Å². The van der Waals surface area contributed by atoms with Crippen LogP contribution in [0.2, 0.25) is 0 Å². The molecule has 1 heterocycles. The van der Waals surface area contributed by atoms with Gasteiger partial charge in [-0.05, 0) is 35.7 Å². The molecule has 2 N–H and O–H groups in total. The molecule has 2 rings (SSSR count). The molecule has 0 saturated carbocycles. The average Bonchev–Trinajstić information content (AvgIpc) is 2.97. The molecular weight excluding hydrogens is 330 g/mol. The van der Waals surface area contributed by atoms with Gasteiger partial charge in [-0.3, -0.25) is 4.72 Å². The number of rotatable bonds is 5. The highest BCUT2D eigenvalue weighted by Gasteiger charge is 2.24. The number of sulfonamides is 1. The van der Waals surface area contributed by atoms with Crippen LogP contribution < -0.4 is 4.72 Å². The number of aromatic carboxylic acids is 1. The number of benzene rings is 1. The largest absolute Gasteiger partial charge is 0.478 e. The molecule has 0 aliphatic carbocycles. The van der Waals surface area contributed by atoms with Crippen LogP contribution in [0.5, 0.6) is 0 Å². The zero-order valence-electron chi connectivity index (χ0n) is 11.3. The Bertz CT molecular complexity index is 807. The van der Waals surface area contributed by atoms with E-state index >= 15 is 0 Å². The van der Waals surface area contributed by atoms with Gasteiger partial charge in [-0.1, -0.05) is 0 Å². The van der Waals surface area contributed by atoms with E-state index in [1.807, 2.05) is 0 Å². The Morgan fingerprint density at radius 1 is 1.18 bits per heavy atom. The third kappa shape index (κ3) is 3.26. The lowest BCUT2D eigenvalue weighted by molar-refractivity contribution is 0.0601. The highest BCUT2D eigenvalue weighted by molar-refractivity contribution is 7.93. The van der Waals surface area contributed by atoms with Gasteiger partial charge in [0.05, 0.1) is 12.7 Å². The van der Waals surface area contributed by atoms with Gasteiger partial charge >= 0.3 is 11.9 Å². The lowest BCUT2D eigenvalue weighted by Gasteiger charge is -2.08. The summed E-state index contributed by atoms with van der Waals surface area (Å²) in [6.45, 7) is 0. The number of carboxylic acid groups (broad SMARTS) is 1. The van der Waals surface area contributed by atoms with Crippen molar-refractivity contribution in [3.8, 4) is 0 Å². The molecule has 0 fully saturated rings. The number of carboxylic acids is 1. The van der Waals surface area contributed by atoms with E-state index in [2.05, 4.69) is 9.46 Å². The number of carbonyl (C=O) groups excluding carboxylic acids is 1. The van der Waals surface area contributed by atoms with E-state index in [4.69, 9.17) is 5.11 Å². The topological polar surface area (TPSA) is 110 Å². The Morgan fingerprint density at radius 2 is 1.82 bits per heavy atom. The quantitative estimate of drug-likeness (QED) is 0.805. The predicted molar refractivity (Wildman–Crippen MR) is 79.9 cm³/mol. The highest BCUT2D eigenvalue weighted by atomic mass is 32.2. The van der Waals surface area contributed by atoms with Gasteiger partial charge in [0.15, 0.2) is 0 Å². The fraction of sp³-hybridized carbons (Fsp3) is 0.0769. The summed E-state index contributed by atoms with van der Waals surface area (Å²) in [5, 5.41) is 10.3. The number of hydrogen-bond donors (Lipinski definition) is 2. The Labute approximate surface area is 130 Å². The van der Waals surface area contributed by atoms with E-state index < -0.39 is 22.0 Å². The lowest BCUT2D eigenvalue weighted by atomic mass is 10.2. The number of hydrogen-bond acceptors (Lipinski definition) is 6. The first-order valence-corrected chi connectivity index (χ1v) is 8.23. The van der Waals surface area contributed by atoms with Crippen molar-refractivity contribution in [1.82, 2.24) is 0 Å². The van der Waals surface area contributed by atoms with Crippen LogP contribution in [0.4, 0.5) is 5.69 Å². The van der Waals surface area contributed by atoms with Gasteiger partial charge in [0, 0.05) is 5.69 Å². The zero-order chi connectivity index (χ0) is 16.3. The number of nitrogens with one attached hydrogen (secondary N) is 1. The molecule has 0 bridgehead atoms. The number of thiophene rings is 1. The van der Waals surface area contributed by atoms with E-state index in [9.17, 15) is 18.0 Å². The lowest BCUT2D eigenvalue weighted by Crippen LogP contribution is -2.15. The van der Waals surface area contributed by atoms with E-state index in [0.29, 0.717) is 0 Å². The maximum atomic E-state index is 12.3. The molecule has 0 saturated heterocycles. The van der Waals surface area contributed by atoms with E-state index in [-0.39, 0.29) is 21.0 Å². The van der Waals surface area contributed by atoms with Crippen LogP contribution in [0.25, 0.3) is 0 Å². The summed E-state index contributed by atoms with van der Waals surface area (Å²) < 4.78 is 31.4. The van der Waals surface area contributed by atoms with Crippen molar-refractivity contribution in [1.29, 1.82) is 0 Å². The van der Waals surface area contributed by atoms with Crippen molar-refractivity contribution < 1.29 is 27.9 Å². The molecular formula is C13H11NO6S2. The van der Waals surface area contributed by atoms with Gasteiger partial charge in [-0.2, -0.15) is 0 Å². The second-order valence-corrected chi connectivity index (χ2v) is 6.66. The summed E-state index contributed by atoms with van der Waals surface area (Å²) in [5.74, 6) is -1.85. The van der Waals surface area contributed by atoms with Crippen molar-refractivity contribution in [2.45, 2.75) is 4.90 Å². The van der Waals surface area contributed by atoms with E-state index in [1.54, 1.807) is 0 Å². The Hall–Kier alpha value is -2.39. The minimum atomic E-state index is -3.98. The minimum absolute atomic E-state index is 0.0304. The van der Waals surface area contributed by atoms with Crippen LogP contribution in [0.1, 0.15) is 20.0 Å². The van der Waals surface area contributed by atoms with Gasteiger partial charge in [0.25, 0.3) is 10.0 Å². The predicted octanol–water partition coefficient (Wildman–Crippen LogP) is 2.03. The zero-order valence-corrected chi connectivity index (χ0v) is 12.9. The summed E-state index contributed by atoms with van der Waals surface area (Å²) in [6.07, 6.45) is 0. The number of esters is 1. The maximum absolute atomic E-state index is 12.3. The number of ether oxygens (including phenoxy) is 1. The van der Waals surface area contributed by atoms with E-state index in [0.717, 1.165) is 18.4 Å². The van der Waals surface area contributed by atoms with Crippen LogP contribution in [0.15, 0.2) is 40.6 Å². The summed E-state index contributed by atoms with van der Waals surface area (Å²) in [5.41, 5.74) is 0.223. The average molecular weight is 341 g/mol. The Kier molecular flexibility index (Phi) is 4.48. The standard InChI is InChI=1S/C13H11NO6S2/c1-20-13(17)11-10(6-7-21-11)22(18,19)14-9-4-2-8(3-5-9)12(15)16/h2-7,14H,1H3,(H,15,16). The third-order valence-corrected chi connectivity index (χ3v) is 5.12. The van der Waals surface area contributed by atoms with Crippen molar-refractivity contribution >= 4 is 39.0 Å². The van der Waals surface area contributed by atoms with Crippen LogP contribution in [0.3, 0.4) is 0 Å². The van der Waals surface area contributed by atoms with Gasteiger partial charge in [0.2, 0.25) is 0 Å². The second kappa shape index (κ2) is 6.16. The molecule has 0 aliphatic rings. The Balaban J connectivity index is 2.30. The summed E-state index contributed by atoms with van der Waals surface area (Å²) >= 11 is 0.955. The number of anilines is 1. The molecule has 0 unspecified atom stereocenters. The second-order valence-electron chi connectivity index (χ2n) is 4.09. The third-order valence-electron chi connectivity index (χ3n) is 2.67. The van der Waals surface area contributed by atoms with Crippen LogP contribution >= 0.6 is 11.3 Å². The van der Waals surface area contributed by atoms with Crippen molar-refractivity contribution in [3.05, 3.63) is 46.2 Å². The van der Waals surface area contributed by atoms with Gasteiger partial charge < -0.3 is 9.84 Å². The molecule has 0 amide bonds. The highest BCUT2D eigenvalue weighted by Crippen LogP contribution is 2.25. The smallest absolute Gasteiger partial charge is 0.349 e. The minimum Gasteiger partial charge on any atom is -0.478 e. The summed E-state index contributed by atoms with van der Waals surface area (Å²) in [7, 11) is -2.81. The molecule has 1 aromatic heterocycles. The van der Waals surface area contributed by atoms with Gasteiger partial charge in [-0.25, -0.2) is 18.0 Å². The summed E-state index contributed by atoms with van der Waals surface area (Å²) in [4.78, 5) is 22.1. The first-order chi connectivity index (χ1) is 10.3. The van der Waals surface area contributed by atoms with Crippen molar-refractivity contribution in [3.63, 3.8) is 0 Å². The molecule has 22 heavy (non-hydrogen) atoms. The van der Waals surface area contributed by atoms with Crippen LogP contribution in [0, 0.1) is 0 Å². The molecule has 0 aliphatic heterocycles. The molecule has 9 heteroatoms. The van der Waals surface area contributed by atoms with Gasteiger partial charge in [-0.15, -0.1) is 11.3 Å². The summed E-state index contributed by atoms with van der Waals surface area (Å²) in [6, 6.07) is 6.49.